The van der Waals surface area contributed by atoms with Crippen molar-refractivity contribution >= 4 is 24.4 Å². The summed E-state index contributed by atoms with van der Waals surface area (Å²) in [4.78, 5) is 22.9. The monoisotopic (exact) mass is 260 g/mol. The molecule has 5 nitrogen and oxygen atoms in total. The maximum Gasteiger partial charge on any atom is 0.243 e. The highest BCUT2D eigenvalue weighted by molar-refractivity contribution is 7.80. The van der Waals surface area contributed by atoms with Crippen LogP contribution >= 0.6 is 12.6 Å². The number of rotatable bonds is 4. The molecule has 0 saturated carbocycles. The first-order valence-corrected chi connectivity index (χ1v) is 6.38. The van der Waals surface area contributed by atoms with E-state index in [9.17, 15) is 9.59 Å². The van der Waals surface area contributed by atoms with Crippen LogP contribution < -0.4 is 10.6 Å². The normalized spacial score (nSPS) is 20.4. The molecule has 1 aliphatic heterocycles. The van der Waals surface area contributed by atoms with Crippen LogP contribution in [0.15, 0.2) is 0 Å². The van der Waals surface area contributed by atoms with Crippen LogP contribution in [-0.4, -0.2) is 42.4 Å². The molecule has 1 atom stereocenters. The molecule has 0 aromatic heterocycles. The second kappa shape index (κ2) is 6.26. The molecule has 6 heteroatoms. The predicted molar refractivity (Wildman–Crippen MR) is 68.1 cm³/mol. The lowest BCUT2D eigenvalue weighted by Gasteiger charge is -2.35. The summed E-state index contributed by atoms with van der Waals surface area (Å²) >= 11 is 4.07. The highest BCUT2D eigenvalue weighted by Crippen LogP contribution is 2.19. The zero-order chi connectivity index (χ0) is 12.9. The number of amides is 2. The maximum absolute atomic E-state index is 12.0. The van der Waals surface area contributed by atoms with Crippen molar-refractivity contribution in [2.75, 3.05) is 19.0 Å². The van der Waals surface area contributed by atoms with Gasteiger partial charge in [0.15, 0.2) is 0 Å². The average molecular weight is 260 g/mol. The molecule has 1 heterocycles. The summed E-state index contributed by atoms with van der Waals surface area (Å²) in [6, 6.07) is -0.574. The van der Waals surface area contributed by atoms with E-state index in [0.717, 1.165) is 12.8 Å². The van der Waals surface area contributed by atoms with Crippen LogP contribution in [0.4, 0.5) is 0 Å². The van der Waals surface area contributed by atoms with Gasteiger partial charge in [0.1, 0.15) is 6.04 Å². The van der Waals surface area contributed by atoms with E-state index in [1.165, 1.54) is 6.92 Å². The molecule has 1 unspecified atom stereocenters. The molecule has 0 bridgehead atoms. The molecule has 1 aliphatic rings. The minimum atomic E-state index is -0.574. The predicted octanol–water partition coefficient (Wildman–Crippen LogP) is 0.106. The van der Waals surface area contributed by atoms with Crippen molar-refractivity contribution in [2.24, 2.45) is 0 Å². The number of carbonyl (C=O) groups excluding carboxylic acids is 2. The van der Waals surface area contributed by atoms with Gasteiger partial charge in [-0.3, -0.25) is 9.59 Å². The summed E-state index contributed by atoms with van der Waals surface area (Å²) in [5, 5.41) is 5.55. The van der Waals surface area contributed by atoms with Crippen molar-refractivity contribution in [3.05, 3.63) is 0 Å². The van der Waals surface area contributed by atoms with Gasteiger partial charge in [-0.1, -0.05) is 0 Å². The molecule has 0 radical (unpaired) electrons. The van der Waals surface area contributed by atoms with Crippen LogP contribution in [0.2, 0.25) is 0 Å². The van der Waals surface area contributed by atoms with Gasteiger partial charge < -0.3 is 15.4 Å². The van der Waals surface area contributed by atoms with E-state index in [0.29, 0.717) is 13.2 Å². The molecule has 1 fully saturated rings. The second-order valence-corrected chi connectivity index (χ2v) is 4.96. The van der Waals surface area contributed by atoms with Gasteiger partial charge in [-0.2, -0.15) is 12.6 Å². The number of thiol groups is 1. The number of hydrogen-bond acceptors (Lipinski definition) is 4. The van der Waals surface area contributed by atoms with Crippen molar-refractivity contribution in [1.82, 2.24) is 10.6 Å². The van der Waals surface area contributed by atoms with Crippen LogP contribution in [0, 0.1) is 0 Å². The van der Waals surface area contributed by atoms with Crippen molar-refractivity contribution < 1.29 is 14.3 Å². The largest absolute Gasteiger partial charge is 0.381 e. The van der Waals surface area contributed by atoms with Crippen molar-refractivity contribution in [3.8, 4) is 0 Å². The first-order valence-electron chi connectivity index (χ1n) is 5.74. The molecule has 0 spiro atoms. The van der Waals surface area contributed by atoms with Crippen LogP contribution in [-0.2, 0) is 14.3 Å². The van der Waals surface area contributed by atoms with E-state index in [2.05, 4.69) is 23.3 Å². The third kappa shape index (κ3) is 4.55. The molecule has 98 valence electrons. The lowest BCUT2D eigenvalue weighted by Crippen LogP contribution is -2.56. The lowest BCUT2D eigenvalue weighted by molar-refractivity contribution is -0.129. The van der Waals surface area contributed by atoms with Gasteiger partial charge in [-0.05, 0) is 19.8 Å². The number of ether oxygens (including phenoxy) is 1. The van der Waals surface area contributed by atoms with Crippen LogP contribution in [0.3, 0.4) is 0 Å². The minimum absolute atomic E-state index is 0.181. The average Bonchev–Trinajstić information content (AvgIpc) is 2.25. The Morgan fingerprint density at radius 2 is 2.00 bits per heavy atom. The summed E-state index contributed by atoms with van der Waals surface area (Å²) in [5.41, 5.74) is -0.241. The van der Waals surface area contributed by atoms with E-state index >= 15 is 0 Å². The highest BCUT2D eigenvalue weighted by atomic mass is 32.1. The molecule has 2 amide bonds. The van der Waals surface area contributed by atoms with E-state index in [-0.39, 0.29) is 23.1 Å². The standard InChI is InChI=1S/C11H20N2O3S/c1-8(14)12-9(7-17)10(15)13-11(2)3-5-16-6-4-11/h9,17H,3-7H2,1-2H3,(H,12,14)(H,13,15). The molecular weight excluding hydrogens is 240 g/mol. The molecule has 17 heavy (non-hydrogen) atoms. The third-order valence-electron chi connectivity index (χ3n) is 2.90. The van der Waals surface area contributed by atoms with Crippen molar-refractivity contribution in [1.29, 1.82) is 0 Å². The Morgan fingerprint density at radius 1 is 1.41 bits per heavy atom. The lowest BCUT2D eigenvalue weighted by atomic mass is 9.92. The molecule has 0 aromatic carbocycles. The Kier molecular flexibility index (Phi) is 5.27. The smallest absolute Gasteiger partial charge is 0.243 e. The van der Waals surface area contributed by atoms with Crippen LogP contribution in [0.1, 0.15) is 26.7 Å². The molecule has 1 rings (SSSR count). The molecular formula is C11H20N2O3S. The summed E-state index contributed by atoms with van der Waals surface area (Å²) < 4.78 is 5.26. The van der Waals surface area contributed by atoms with E-state index < -0.39 is 6.04 Å². The van der Waals surface area contributed by atoms with E-state index in [4.69, 9.17) is 4.74 Å². The topological polar surface area (TPSA) is 67.4 Å². The zero-order valence-electron chi connectivity index (χ0n) is 10.3. The fourth-order valence-corrected chi connectivity index (χ4v) is 2.03. The molecule has 2 N–H and O–H groups in total. The van der Waals surface area contributed by atoms with Gasteiger partial charge in [0, 0.05) is 31.4 Å². The van der Waals surface area contributed by atoms with Crippen molar-refractivity contribution in [2.45, 2.75) is 38.3 Å². The Balaban J connectivity index is 2.53. The zero-order valence-corrected chi connectivity index (χ0v) is 11.2. The van der Waals surface area contributed by atoms with Crippen LogP contribution in [0.25, 0.3) is 0 Å². The first-order chi connectivity index (χ1) is 7.97. The summed E-state index contributed by atoms with van der Waals surface area (Å²) in [6.45, 7) is 4.70. The fraction of sp³-hybridized carbons (Fsp3) is 0.818. The van der Waals surface area contributed by atoms with Gasteiger partial charge in [0.2, 0.25) is 11.8 Å². The molecule has 0 aromatic rings. The van der Waals surface area contributed by atoms with Gasteiger partial charge in [0.05, 0.1) is 0 Å². The van der Waals surface area contributed by atoms with Crippen LogP contribution in [0.5, 0.6) is 0 Å². The third-order valence-corrected chi connectivity index (χ3v) is 3.26. The quantitative estimate of drug-likeness (QED) is 0.628. The fourth-order valence-electron chi connectivity index (χ4n) is 1.77. The summed E-state index contributed by atoms with van der Waals surface area (Å²) in [5.74, 6) is -0.117. The number of nitrogens with one attached hydrogen (secondary N) is 2. The highest BCUT2D eigenvalue weighted by Gasteiger charge is 2.31. The van der Waals surface area contributed by atoms with E-state index in [1.807, 2.05) is 6.92 Å². The number of carbonyl (C=O) groups is 2. The second-order valence-electron chi connectivity index (χ2n) is 4.60. The summed E-state index contributed by atoms with van der Waals surface area (Å²) in [6.07, 6.45) is 1.58. The number of hydrogen-bond donors (Lipinski definition) is 3. The van der Waals surface area contributed by atoms with Gasteiger partial charge in [0.25, 0.3) is 0 Å². The van der Waals surface area contributed by atoms with Gasteiger partial charge >= 0.3 is 0 Å². The molecule has 0 aliphatic carbocycles. The minimum Gasteiger partial charge on any atom is -0.381 e. The Bertz CT molecular complexity index is 290. The Labute approximate surface area is 107 Å². The van der Waals surface area contributed by atoms with Crippen molar-refractivity contribution in [3.63, 3.8) is 0 Å². The van der Waals surface area contributed by atoms with Gasteiger partial charge in [-0.15, -0.1) is 0 Å². The first kappa shape index (κ1) is 14.3. The maximum atomic E-state index is 12.0. The summed E-state index contributed by atoms with van der Waals surface area (Å²) in [7, 11) is 0. The Morgan fingerprint density at radius 3 is 2.47 bits per heavy atom. The van der Waals surface area contributed by atoms with E-state index in [1.54, 1.807) is 0 Å². The Hall–Kier alpha value is -0.750. The van der Waals surface area contributed by atoms with Gasteiger partial charge in [-0.25, -0.2) is 0 Å². The SMILES string of the molecule is CC(=O)NC(CS)C(=O)NC1(C)CCOCC1. The molecule has 1 saturated heterocycles.